The number of carboxylic acid groups (broad SMARTS) is 1. The molecule has 1 aliphatic heterocycles. The van der Waals surface area contributed by atoms with Gasteiger partial charge in [-0.15, -0.1) is 11.3 Å². The lowest BCUT2D eigenvalue weighted by Gasteiger charge is -2.35. The molecule has 3 aromatic heterocycles. The minimum Gasteiger partial charge on any atom is -0.465 e. The molecular formula is C48H56N8O7S. The van der Waals surface area contributed by atoms with Crippen LogP contribution in [0.4, 0.5) is 9.59 Å². The zero-order valence-electron chi connectivity index (χ0n) is 36.7. The molecule has 2 aromatic carbocycles. The highest BCUT2D eigenvalue weighted by molar-refractivity contribution is 7.13. The van der Waals surface area contributed by atoms with Crippen LogP contribution in [0.3, 0.4) is 0 Å². The molecule has 0 bridgehead atoms. The molecule has 1 unspecified atom stereocenters. The molecule has 16 heteroatoms. The van der Waals surface area contributed by atoms with E-state index in [2.05, 4.69) is 30.9 Å². The number of aliphatic hydroxyl groups excluding tert-OH is 1. The summed E-state index contributed by atoms with van der Waals surface area (Å²) in [6, 6.07) is 21.9. The van der Waals surface area contributed by atoms with Crippen LogP contribution in [0, 0.1) is 11.3 Å². The fraction of sp³-hybridized carbons (Fsp3) is 0.375. The van der Waals surface area contributed by atoms with Gasteiger partial charge in [0.1, 0.15) is 23.6 Å². The molecular weight excluding hydrogens is 833 g/mol. The molecule has 1 fully saturated rings. The normalized spacial score (nSPS) is 15.8. The zero-order chi connectivity index (χ0) is 46.0. The first-order chi connectivity index (χ1) is 30.6. The Labute approximate surface area is 377 Å². The van der Waals surface area contributed by atoms with E-state index in [-0.39, 0.29) is 38.3 Å². The number of aliphatic hydroxyl groups is 1. The molecule has 1 saturated heterocycles. The number of thiazole rings is 1. The van der Waals surface area contributed by atoms with Gasteiger partial charge in [0.25, 0.3) is 5.91 Å². The summed E-state index contributed by atoms with van der Waals surface area (Å²) in [6.07, 6.45) is 3.41. The number of nitrogens with one attached hydrogen (secondary N) is 3. The van der Waals surface area contributed by atoms with Crippen molar-refractivity contribution in [1.29, 1.82) is 0 Å². The summed E-state index contributed by atoms with van der Waals surface area (Å²) in [5.74, 6) is -1.93. The molecule has 6 atom stereocenters. The molecule has 5 N–H and O–H groups in total. The molecule has 0 aliphatic carbocycles. The van der Waals surface area contributed by atoms with E-state index in [1.165, 1.54) is 16.2 Å². The summed E-state index contributed by atoms with van der Waals surface area (Å²) in [5.41, 5.74) is 3.89. The number of amides is 6. The summed E-state index contributed by atoms with van der Waals surface area (Å²) in [4.78, 5) is 83.5. The summed E-state index contributed by atoms with van der Waals surface area (Å²) >= 11 is 1.38. The van der Waals surface area contributed by atoms with Crippen molar-refractivity contribution >= 4 is 41.2 Å². The van der Waals surface area contributed by atoms with Crippen molar-refractivity contribution in [2.75, 3.05) is 6.54 Å². The Hall–Kier alpha value is -6.52. The van der Waals surface area contributed by atoms with Crippen LogP contribution in [-0.4, -0.2) is 102 Å². The number of nitrogens with zero attached hydrogens (tertiary/aromatic N) is 5. The van der Waals surface area contributed by atoms with E-state index < -0.39 is 65.5 Å². The van der Waals surface area contributed by atoms with Gasteiger partial charge in [0.2, 0.25) is 11.8 Å². The van der Waals surface area contributed by atoms with Gasteiger partial charge in [0.05, 0.1) is 30.1 Å². The number of carbonyl (C=O) groups is 5. The largest absolute Gasteiger partial charge is 0.465 e. The minimum absolute atomic E-state index is 0.0347. The Bertz CT molecular complexity index is 2360. The van der Waals surface area contributed by atoms with E-state index in [1.807, 2.05) is 92.7 Å². The summed E-state index contributed by atoms with van der Waals surface area (Å²) in [6.45, 7) is 8.63. The fourth-order valence-electron chi connectivity index (χ4n) is 7.81. The number of urea groups is 1. The summed E-state index contributed by atoms with van der Waals surface area (Å²) in [7, 11) is 0. The molecule has 6 rings (SSSR count). The molecule has 0 saturated carbocycles. The Morgan fingerprint density at radius 3 is 2.20 bits per heavy atom. The maximum atomic E-state index is 14.6. The molecule has 64 heavy (non-hydrogen) atoms. The molecule has 5 aromatic rings. The van der Waals surface area contributed by atoms with Crippen LogP contribution in [0.2, 0.25) is 0 Å². The Kier molecular flexibility index (Phi) is 15.6. The number of aromatic nitrogens is 3. The molecule has 1 aliphatic rings. The van der Waals surface area contributed by atoms with E-state index in [0.717, 1.165) is 32.8 Å². The van der Waals surface area contributed by atoms with E-state index in [0.29, 0.717) is 17.1 Å². The first-order valence-corrected chi connectivity index (χ1v) is 22.3. The molecule has 15 nitrogen and oxygen atoms in total. The van der Waals surface area contributed by atoms with Crippen LogP contribution in [0.15, 0.2) is 109 Å². The van der Waals surface area contributed by atoms with Crippen molar-refractivity contribution in [3.05, 3.63) is 126 Å². The lowest BCUT2D eigenvalue weighted by Crippen LogP contribution is -2.58. The van der Waals surface area contributed by atoms with Gasteiger partial charge in [-0.25, -0.2) is 14.6 Å². The van der Waals surface area contributed by atoms with E-state index in [9.17, 15) is 34.2 Å². The van der Waals surface area contributed by atoms with Gasteiger partial charge in [-0.2, -0.15) is 0 Å². The Morgan fingerprint density at radius 2 is 1.56 bits per heavy atom. The number of carbonyl (C=O) groups excluding carboxylic acids is 4. The number of pyridine rings is 2. The lowest BCUT2D eigenvalue weighted by molar-refractivity contribution is -0.130. The lowest BCUT2D eigenvalue weighted by atomic mass is 9.85. The Balaban J connectivity index is 1.24. The second-order valence-electron chi connectivity index (χ2n) is 17.3. The molecule has 0 spiro atoms. The number of imide groups is 1. The molecule has 0 radical (unpaired) electrons. The SMILES string of the molecule is CCC(C)[C@@H](C(=O)N[C@@H](Cc1ccccc1)[C@@H](O)C[C@H](Cc1ccc(-c2ccccn2)cc1)NC(=O)[C@@H](NC(=O)O)C(C)(C)C)N1CC(=O)N(Cc2csc(-c3cccnc3)n2)C1=O. The third-order valence-electron chi connectivity index (χ3n) is 11.4. The predicted octanol–water partition coefficient (Wildman–Crippen LogP) is 6.33. The molecule has 4 heterocycles. The van der Waals surface area contributed by atoms with Crippen molar-refractivity contribution in [2.45, 2.75) is 97.1 Å². The van der Waals surface area contributed by atoms with Crippen molar-refractivity contribution in [3.63, 3.8) is 0 Å². The maximum absolute atomic E-state index is 14.6. The third-order valence-corrected chi connectivity index (χ3v) is 12.3. The highest BCUT2D eigenvalue weighted by Gasteiger charge is 2.45. The number of benzene rings is 2. The van der Waals surface area contributed by atoms with Crippen LogP contribution >= 0.6 is 11.3 Å². The van der Waals surface area contributed by atoms with Gasteiger partial charge in [-0.1, -0.05) is 102 Å². The number of rotatable bonds is 19. The third kappa shape index (κ3) is 12.1. The number of hydrogen-bond acceptors (Lipinski definition) is 10. The predicted molar refractivity (Wildman–Crippen MR) is 244 cm³/mol. The minimum atomic E-state index is -1.35. The monoisotopic (exact) mass is 888 g/mol. The average Bonchev–Trinajstić information content (AvgIpc) is 3.86. The number of hydrogen-bond donors (Lipinski definition) is 5. The zero-order valence-corrected chi connectivity index (χ0v) is 37.5. The smallest absolute Gasteiger partial charge is 0.405 e. The maximum Gasteiger partial charge on any atom is 0.405 e. The first kappa shape index (κ1) is 47.0. The Morgan fingerprint density at radius 1 is 0.844 bits per heavy atom. The summed E-state index contributed by atoms with van der Waals surface area (Å²) < 4.78 is 0. The average molecular weight is 889 g/mol. The second kappa shape index (κ2) is 21.2. The van der Waals surface area contributed by atoms with Crippen LogP contribution in [0.1, 0.15) is 64.3 Å². The van der Waals surface area contributed by atoms with Crippen LogP contribution in [0.5, 0.6) is 0 Å². The van der Waals surface area contributed by atoms with Gasteiger partial charge >= 0.3 is 12.1 Å². The summed E-state index contributed by atoms with van der Waals surface area (Å²) in [5, 5.41) is 32.8. The van der Waals surface area contributed by atoms with Crippen LogP contribution in [-0.2, 0) is 33.8 Å². The standard InChI is InChI=1S/C48H56N8O7S/c1-6-30(2)41(56-28-40(58)55(47(56)63)27-36-29-64-45(52-36)34-15-12-21-49-26-34)43(59)53-38(24-31-13-8-7-9-14-31)39(57)25-35(51-44(60)42(48(3,4)5)54-46(61)62)23-32-17-19-33(20-18-32)37-16-10-11-22-50-37/h7-22,26,29-30,35,38-39,41-42,54,57H,6,23-25,27-28H2,1-5H3,(H,51,60)(H,53,59)(H,61,62)/t30?,35-,38-,39-,41-,42+/m0/s1. The van der Waals surface area contributed by atoms with Gasteiger partial charge in [-0.3, -0.25) is 29.3 Å². The quantitative estimate of drug-likeness (QED) is 0.0582. The van der Waals surface area contributed by atoms with Crippen molar-refractivity contribution in [1.82, 2.24) is 40.7 Å². The van der Waals surface area contributed by atoms with E-state index in [1.54, 1.807) is 50.8 Å². The molecule has 336 valence electrons. The van der Waals surface area contributed by atoms with E-state index >= 15 is 0 Å². The van der Waals surface area contributed by atoms with Gasteiger partial charge in [-0.05, 0) is 66.0 Å². The van der Waals surface area contributed by atoms with Gasteiger partial charge in [0.15, 0.2) is 0 Å². The molecule has 6 amide bonds. The van der Waals surface area contributed by atoms with Crippen LogP contribution < -0.4 is 16.0 Å². The van der Waals surface area contributed by atoms with Crippen molar-refractivity contribution < 1.29 is 34.2 Å². The first-order valence-electron chi connectivity index (χ1n) is 21.4. The van der Waals surface area contributed by atoms with Gasteiger partial charge < -0.3 is 31.1 Å². The highest BCUT2D eigenvalue weighted by atomic mass is 32.1. The fourth-order valence-corrected chi connectivity index (χ4v) is 8.61. The highest BCUT2D eigenvalue weighted by Crippen LogP contribution is 2.28. The topological polar surface area (TPSA) is 207 Å². The van der Waals surface area contributed by atoms with E-state index in [4.69, 9.17) is 0 Å². The van der Waals surface area contributed by atoms with Crippen molar-refractivity contribution in [2.24, 2.45) is 11.3 Å². The van der Waals surface area contributed by atoms with Gasteiger partial charge in [0, 0.05) is 41.1 Å². The van der Waals surface area contributed by atoms with Crippen LogP contribution in [0.25, 0.3) is 21.8 Å². The van der Waals surface area contributed by atoms with Crippen molar-refractivity contribution in [3.8, 4) is 21.8 Å². The second-order valence-corrected chi connectivity index (χ2v) is 18.1.